The fourth-order valence-corrected chi connectivity index (χ4v) is 2.75. The van der Waals surface area contributed by atoms with Crippen molar-refractivity contribution in [3.8, 4) is 0 Å². The van der Waals surface area contributed by atoms with Crippen LogP contribution in [0.3, 0.4) is 0 Å². The highest BCUT2D eigenvalue weighted by Crippen LogP contribution is 2.24. The van der Waals surface area contributed by atoms with Crippen molar-refractivity contribution in [3.63, 3.8) is 0 Å². The van der Waals surface area contributed by atoms with Crippen molar-refractivity contribution in [3.05, 3.63) is 54.3 Å². The maximum absolute atomic E-state index is 11.2. The Morgan fingerprint density at radius 3 is 2.78 bits per heavy atom. The van der Waals surface area contributed by atoms with Gasteiger partial charge in [0.1, 0.15) is 0 Å². The number of fused-ring (bicyclic) bond motifs is 1. The van der Waals surface area contributed by atoms with Crippen LogP contribution in [0.2, 0.25) is 0 Å². The highest BCUT2D eigenvalue weighted by atomic mass is 32.2. The molecule has 1 aliphatic carbocycles. The summed E-state index contributed by atoms with van der Waals surface area (Å²) in [7, 11) is -2.18. The summed E-state index contributed by atoms with van der Waals surface area (Å²) in [5.41, 5.74) is 2.61. The first kappa shape index (κ1) is 11.0. The second-order valence-corrected chi connectivity index (χ2v) is 5.10. The number of rotatable bonds is 1. The van der Waals surface area contributed by atoms with Crippen molar-refractivity contribution in [2.45, 2.75) is 6.42 Å². The van der Waals surface area contributed by atoms with Gasteiger partial charge in [-0.2, -0.15) is 8.42 Å². The standard InChI is InChI=1S/C14H11NO2S/c16-18(17)14-8-4-2-6-11(14)13-9-10-5-1-3-7-12(10)15-13/h1-7,9,15H,8H2. The van der Waals surface area contributed by atoms with Crippen LogP contribution in [0, 0.1) is 0 Å². The van der Waals surface area contributed by atoms with Gasteiger partial charge in [-0.15, -0.1) is 0 Å². The lowest BCUT2D eigenvalue weighted by Gasteiger charge is -2.07. The van der Waals surface area contributed by atoms with Gasteiger partial charge < -0.3 is 4.98 Å². The predicted octanol–water partition coefficient (Wildman–Crippen LogP) is 2.56. The van der Waals surface area contributed by atoms with Gasteiger partial charge in [-0.05, 0) is 12.1 Å². The van der Waals surface area contributed by atoms with Gasteiger partial charge in [0, 0.05) is 28.6 Å². The van der Waals surface area contributed by atoms with E-state index in [0.29, 0.717) is 11.3 Å². The van der Waals surface area contributed by atoms with Crippen LogP contribution < -0.4 is 0 Å². The zero-order valence-corrected chi connectivity index (χ0v) is 10.4. The Morgan fingerprint density at radius 2 is 2.00 bits per heavy atom. The van der Waals surface area contributed by atoms with Crippen LogP contribution in [0.4, 0.5) is 0 Å². The number of hydrogen-bond donors (Lipinski definition) is 1. The molecule has 0 fully saturated rings. The number of benzene rings is 1. The van der Waals surface area contributed by atoms with Crippen LogP contribution >= 0.6 is 0 Å². The summed E-state index contributed by atoms with van der Waals surface area (Å²) >= 11 is 0. The Bertz CT molecular complexity index is 766. The third-order valence-corrected chi connectivity index (χ3v) is 3.81. The summed E-state index contributed by atoms with van der Waals surface area (Å²) in [6.07, 6.45) is 6.02. The lowest BCUT2D eigenvalue weighted by atomic mass is 10.0. The Balaban J connectivity index is 2.22. The summed E-state index contributed by atoms with van der Waals surface area (Å²) < 4.78 is 22.5. The number of allylic oxidation sites excluding steroid dienone is 4. The number of aromatic nitrogens is 1. The molecule has 0 unspecified atom stereocenters. The van der Waals surface area contributed by atoms with Crippen molar-refractivity contribution in [1.29, 1.82) is 0 Å². The lowest BCUT2D eigenvalue weighted by Crippen LogP contribution is -2.05. The minimum absolute atomic E-state index is 0.434. The van der Waals surface area contributed by atoms with Crippen molar-refractivity contribution in [2.24, 2.45) is 0 Å². The largest absolute Gasteiger partial charge is 0.354 e. The second kappa shape index (κ2) is 4.31. The maximum Gasteiger partial charge on any atom is 0.218 e. The highest BCUT2D eigenvalue weighted by molar-refractivity contribution is 7.74. The van der Waals surface area contributed by atoms with E-state index in [4.69, 9.17) is 0 Å². The molecule has 3 rings (SSSR count). The summed E-state index contributed by atoms with van der Waals surface area (Å²) in [5, 5.41) is 1.08. The van der Waals surface area contributed by atoms with Crippen LogP contribution in [0.1, 0.15) is 12.1 Å². The highest BCUT2D eigenvalue weighted by Gasteiger charge is 2.14. The average molecular weight is 257 g/mol. The first-order chi connectivity index (χ1) is 8.75. The Hall–Kier alpha value is -2.07. The van der Waals surface area contributed by atoms with Crippen LogP contribution in [0.25, 0.3) is 16.5 Å². The van der Waals surface area contributed by atoms with Crippen molar-refractivity contribution in [2.75, 3.05) is 0 Å². The smallest absolute Gasteiger partial charge is 0.218 e. The van der Waals surface area contributed by atoms with Gasteiger partial charge in [0.2, 0.25) is 10.3 Å². The van der Waals surface area contributed by atoms with Crippen LogP contribution in [0.15, 0.2) is 48.6 Å². The molecule has 0 atom stereocenters. The van der Waals surface area contributed by atoms with Gasteiger partial charge in [0.15, 0.2) is 0 Å². The normalized spacial score (nSPS) is 14.9. The van der Waals surface area contributed by atoms with Gasteiger partial charge >= 0.3 is 0 Å². The van der Waals surface area contributed by atoms with Gasteiger partial charge in [0.25, 0.3) is 0 Å². The monoisotopic (exact) mass is 257 g/mol. The fourth-order valence-electron chi connectivity index (χ4n) is 2.16. The number of para-hydroxylation sites is 1. The zero-order valence-electron chi connectivity index (χ0n) is 9.55. The lowest BCUT2D eigenvalue weighted by molar-refractivity contribution is 0.627. The van der Waals surface area contributed by atoms with Crippen molar-refractivity contribution >= 4 is 31.6 Å². The van der Waals surface area contributed by atoms with Gasteiger partial charge in [0.05, 0.1) is 4.86 Å². The molecule has 3 nitrogen and oxygen atoms in total. The molecular weight excluding hydrogens is 246 g/mol. The number of H-pyrrole nitrogens is 1. The molecule has 0 saturated carbocycles. The number of hydrogen-bond acceptors (Lipinski definition) is 2. The molecule has 0 amide bonds. The first-order valence-corrected chi connectivity index (χ1v) is 6.73. The van der Waals surface area contributed by atoms with E-state index in [2.05, 4.69) is 4.98 Å². The van der Waals surface area contributed by atoms with E-state index in [1.807, 2.05) is 48.6 Å². The van der Waals surface area contributed by atoms with Gasteiger partial charge in [-0.3, -0.25) is 0 Å². The van der Waals surface area contributed by atoms with E-state index in [-0.39, 0.29) is 0 Å². The Labute approximate surface area is 106 Å². The molecule has 0 spiro atoms. The SMILES string of the molecule is O=S(=O)=C1CC=CC=C1c1cc2ccccc2[nH]1. The molecule has 0 bridgehead atoms. The Kier molecular flexibility index (Phi) is 2.64. The molecule has 90 valence electrons. The molecule has 1 aromatic heterocycles. The molecule has 1 N–H and O–H groups in total. The van der Waals surface area contributed by atoms with Gasteiger partial charge in [-0.1, -0.05) is 36.4 Å². The van der Waals surface area contributed by atoms with E-state index in [1.165, 1.54) is 0 Å². The third kappa shape index (κ3) is 1.80. The molecule has 0 saturated heterocycles. The molecule has 0 radical (unpaired) electrons. The van der Waals surface area contributed by atoms with E-state index in [0.717, 1.165) is 22.2 Å². The van der Waals surface area contributed by atoms with E-state index in [9.17, 15) is 8.42 Å². The summed E-state index contributed by atoms with van der Waals surface area (Å²) in [4.78, 5) is 3.69. The third-order valence-electron chi connectivity index (χ3n) is 3.02. The summed E-state index contributed by atoms with van der Waals surface area (Å²) in [6, 6.07) is 9.88. The second-order valence-electron chi connectivity index (χ2n) is 4.14. The molecule has 0 aliphatic heterocycles. The van der Waals surface area contributed by atoms with Crippen LogP contribution in [-0.4, -0.2) is 18.3 Å². The molecule has 1 heterocycles. The van der Waals surface area contributed by atoms with Crippen LogP contribution in [-0.2, 0) is 10.3 Å². The molecular formula is C14H11NO2S. The van der Waals surface area contributed by atoms with E-state index < -0.39 is 10.3 Å². The zero-order chi connectivity index (χ0) is 12.5. The first-order valence-electron chi connectivity index (χ1n) is 5.66. The maximum atomic E-state index is 11.2. The quantitative estimate of drug-likeness (QED) is 0.798. The van der Waals surface area contributed by atoms with Crippen molar-refractivity contribution in [1.82, 2.24) is 4.98 Å². The molecule has 18 heavy (non-hydrogen) atoms. The molecule has 2 aromatic rings. The van der Waals surface area contributed by atoms with Crippen molar-refractivity contribution < 1.29 is 8.42 Å². The minimum atomic E-state index is -2.18. The van der Waals surface area contributed by atoms with Crippen LogP contribution in [0.5, 0.6) is 0 Å². The number of aromatic amines is 1. The summed E-state index contributed by atoms with van der Waals surface area (Å²) in [6.45, 7) is 0. The fraction of sp³-hybridized carbons (Fsp3) is 0.0714. The average Bonchev–Trinajstić information content (AvgIpc) is 2.82. The predicted molar refractivity (Wildman–Crippen MR) is 74.0 cm³/mol. The van der Waals surface area contributed by atoms with Gasteiger partial charge in [-0.25, -0.2) is 0 Å². The molecule has 1 aromatic carbocycles. The minimum Gasteiger partial charge on any atom is -0.354 e. The topological polar surface area (TPSA) is 49.9 Å². The van der Waals surface area contributed by atoms with E-state index >= 15 is 0 Å². The molecule has 4 heteroatoms. The number of nitrogens with one attached hydrogen (secondary N) is 1. The summed E-state index contributed by atoms with van der Waals surface area (Å²) in [5.74, 6) is 0. The molecule has 1 aliphatic rings. The Morgan fingerprint density at radius 1 is 1.17 bits per heavy atom. The van der Waals surface area contributed by atoms with E-state index in [1.54, 1.807) is 0 Å².